The van der Waals surface area contributed by atoms with Crippen LogP contribution < -0.4 is 0 Å². The largest absolute Gasteiger partial charge is 0.167 e. The third-order valence-electron chi connectivity index (χ3n) is 3.35. The van der Waals surface area contributed by atoms with Crippen LogP contribution in [0.3, 0.4) is 0 Å². The van der Waals surface area contributed by atoms with E-state index in [0.29, 0.717) is 0 Å². The maximum absolute atomic E-state index is 6.53. The highest BCUT2D eigenvalue weighted by Gasteiger charge is 2.40. The fourth-order valence-electron chi connectivity index (χ4n) is 2.65. The summed E-state index contributed by atoms with van der Waals surface area (Å²) in [7, 11) is -1.46. The Bertz CT molecular complexity index is 260. The molecular weight excluding hydrogens is 196 g/mol. The first-order valence-corrected chi connectivity index (χ1v) is 9.23. The average Bonchev–Trinajstić information content (AvgIpc) is 2.45. The number of allylic oxidation sites excluding steroid dienone is 4. The van der Waals surface area contributed by atoms with E-state index in [1.807, 2.05) is 0 Å². The molecule has 1 fully saturated rings. The van der Waals surface area contributed by atoms with E-state index in [9.17, 15) is 0 Å². The van der Waals surface area contributed by atoms with Crippen molar-refractivity contribution in [3.8, 4) is 0 Å². The Kier molecular flexibility index (Phi) is 2.41. The van der Waals surface area contributed by atoms with E-state index in [4.69, 9.17) is 11.1 Å². The molecule has 72 valence electrons. The van der Waals surface area contributed by atoms with E-state index in [0.717, 1.165) is 11.5 Å². The van der Waals surface area contributed by atoms with Gasteiger partial charge in [-0.1, -0.05) is 36.9 Å². The van der Waals surface area contributed by atoms with Gasteiger partial charge >= 0.3 is 0 Å². The zero-order chi connectivity index (χ0) is 9.47. The van der Waals surface area contributed by atoms with Gasteiger partial charge in [0, 0.05) is 0 Å². The van der Waals surface area contributed by atoms with Crippen molar-refractivity contribution in [2.45, 2.75) is 37.9 Å². The van der Waals surface area contributed by atoms with Gasteiger partial charge in [-0.15, -0.1) is 0 Å². The molecule has 0 aliphatic heterocycles. The van der Waals surface area contributed by atoms with Crippen LogP contribution in [-0.4, -0.2) is 7.38 Å². The number of hydrogen-bond donors (Lipinski definition) is 0. The number of rotatable bonds is 1. The Morgan fingerprint density at radius 3 is 2.85 bits per heavy atom. The van der Waals surface area contributed by atoms with Crippen LogP contribution in [0.15, 0.2) is 23.8 Å². The van der Waals surface area contributed by atoms with Gasteiger partial charge in [-0.25, -0.2) is 0 Å². The molecule has 0 heterocycles. The second-order valence-corrected chi connectivity index (χ2v) is 11.5. The summed E-state index contributed by atoms with van der Waals surface area (Å²) < 4.78 is 0. The second-order valence-electron chi connectivity index (χ2n) is 4.72. The molecule has 2 rings (SSSR count). The molecule has 0 N–H and O–H groups in total. The summed E-state index contributed by atoms with van der Waals surface area (Å²) >= 11 is 6.53. The lowest BCUT2D eigenvalue weighted by Gasteiger charge is -2.25. The standard InChI is InChI=1S/C11H17ClSi/c1-13(2,12)11-8-7-9-5-3-4-6-10(9)11/h3-4,6,9,11H,5,7-8H2,1-2H3. The van der Waals surface area contributed by atoms with E-state index in [1.54, 1.807) is 5.57 Å². The van der Waals surface area contributed by atoms with Crippen LogP contribution in [0, 0.1) is 5.92 Å². The van der Waals surface area contributed by atoms with Crippen LogP contribution in [0.1, 0.15) is 19.3 Å². The van der Waals surface area contributed by atoms with Crippen LogP contribution >= 0.6 is 11.1 Å². The Morgan fingerprint density at radius 2 is 2.15 bits per heavy atom. The molecule has 0 spiro atoms. The molecule has 2 aliphatic rings. The second kappa shape index (κ2) is 3.29. The van der Waals surface area contributed by atoms with Crippen molar-refractivity contribution in [1.82, 2.24) is 0 Å². The van der Waals surface area contributed by atoms with Gasteiger partial charge in [0.05, 0.1) is 0 Å². The molecule has 1 saturated carbocycles. The summed E-state index contributed by atoms with van der Waals surface area (Å²) in [6.07, 6.45) is 10.8. The van der Waals surface area contributed by atoms with Crippen molar-refractivity contribution in [1.29, 1.82) is 0 Å². The molecule has 2 unspecified atom stereocenters. The molecule has 2 heteroatoms. The summed E-state index contributed by atoms with van der Waals surface area (Å²) in [6, 6.07) is 0. The van der Waals surface area contributed by atoms with E-state index in [2.05, 4.69) is 31.3 Å². The van der Waals surface area contributed by atoms with Gasteiger partial charge < -0.3 is 0 Å². The lowest BCUT2D eigenvalue weighted by atomic mass is 9.95. The van der Waals surface area contributed by atoms with Crippen molar-refractivity contribution < 1.29 is 0 Å². The fourth-order valence-corrected chi connectivity index (χ4v) is 5.34. The van der Waals surface area contributed by atoms with Crippen molar-refractivity contribution in [2.24, 2.45) is 5.92 Å². The lowest BCUT2D eigenvalue weighted by Crippen LogP contribution is -2.25. The maximum atomic E-state index is 6.53. The van der Waals surface area contributed by atoms with Gasteiger partial charge in [0.2, 0.25) is 0 Å². The fraction of sp³-hybridized carbons (Fsp3) is 0.636. The molecule has 0 aromatic heterocycles. The SMILES string of the molecule is C[Si](C)(Cl)C1CCC2CC=CC=C21. The summed E-state index contributed by atoms with van der Waals surface area (Å²) in [5.74, 6) is 0.834. The number of hydrogen-bond acceptors (Lipinski definition) is 0. The predicted octanol–water partition coefficient (Wildman–Crippen LogP) is 4.10. The number of halogens is 1. The molecule has 0 amide bonds. The first kappa shape index (κ1) is 9.54. The van der Waals surface area contributed by atoms with Crippen LogP contribution in [0.25, 0.3) is 0 Å². The van der Waals surface area contributed by atoms with Gasteiger partial charge in [-0.2, -0.15) is 11.1 Å². The molecule has 0 aromatic rings. The Morgan fingerprint density at radius 1 is 1.38 bits per heavy atom. The van der Waals surface area contributed by atoms with Crippen molar-refractivity contribution in [2.75, 3.05) is 0 Å². The first-order chi connectivity index (χ1) is 6.09. The average molecular weight is 213 g/mol. The van der Waals surface area contributed by atoms with Gasteiger partial charge in [-0.3, -0.25) is 0 Å². The summed E-state index contributed by atoms with van der Waals surface area (Å²) in [5, 5.41) is 0. The van der Waals surface area contributed by atoms with Gasteiger partial charge in [0.15, 0.2) is 7.38 Å². The van der Waals surface area contributed by atoms with E-state index < -0.39 is 7.38 Å². The molecule has 0 aromatic carbocycles. The molecule has 13 heavy (non-hydrogen) atoms. The molecule has 0 saturated heterocycles. The zero-order valence-electron chi connectivity index (χ0n) is 8.39. The third kappa shape index (κ3) is 1.77. The van der Waals surface area contributed by atoms with E-state index in [-0.39, 0.29) is 0 Å². The summed E-state index contributed by atoms with van der Waals surface area (Å²) in [5.41, 5.74) is 2.40. The summed E-state index contributed by atoms with van der Waals surface area (Å²) in [4.78, 5) is 0. The predicted molar refractivity (Wildman–Crippen MR) is 61.6 cm³/mol. The molecule has 0 bridgehead atoms. The molecule has 0 radical (unpaired) electrons. The third-order valence-corrected chi connectivity index (χ3v) is 6.42. The van der Waals surface area contributed by atoms with E-state index in [1.165, 1.54) is 19.3 Å². The minimum Gasteiger partial charge on any atom is -0.167 e. The smallest absolute Gasteiger partial charge is 0.157 e. The highest BCUT2D eigenvalue weighted by atomic mass is 35.6. The molecular formula is C11H17ClSi. The minimum atomic E-state index is -1.46. The monoisotopic (exact) mass is 212 g/mol. The van der Waals surface area contributed by atoms with Crippen molar-refractivity contribution in [3.05, 3.63) is 23.8 Å². The first-order valence-electron chi connectivity index (χ1n) is 5.14. The normalized spacial score (nSPS) is 33.0. The topological polar surface area (TPSA) is 0 Å². The highest BCUT2D eigenvalue weighted by molar-refractivity contribution is 7.20. The van der Waals surface area contributed by atoms with Crippen LogP contribution in [0.2, 0.25) is 18.6 Å². The van der Waals surface area contributed by atoms with Crippen molar-refractivity contribution in [3.63, 3.8) is 0 Å². The zero-order valence-corrected chi connectivity index (χ0v) is 10.1. The number of fused-ring (bicyclic) bond motifs is 1. The molecule has 2 aliphatic carbocycles. The van der Waals surface area contributed by atoms with Gasteiger partial charge in [0.25, 0.3) is 0 Å². The van der Waals surface area contributed by atoms with Crippen LogP contribution in [0.4, 0.5) is 0 Å². The quantitative estimate of drug-likeness (QED) is 0.454. The van der Waals surface area contributed by atoms with Gasteiger partial charge in [0.1, 0.15) is 0 Å². The van der Waals surface area contributed by atoms with E-state index >= 15 is 0 Å². The lowest BCUT2D eigenvalue weighted by molar-refractivity contribution is 0.633. The van der Waals surface area contributed by atoms with Crippen LogP contribution in [0.5, 0.6) is 0 Å². The Balaban J connectivity index is 2.24. The van der Waals surface area contributed by atoms with Gasteiger partial charge in [-0.05, 0) is 30.7 Å². The summed E-state index contributed by atoms with van der Waals surface area (Å²) in [6.45, 7) is 4.56. The molecule has 0 nitrogen and oxygen atoms in total. The maximum Gasteiger partial charge on any atom is 0.157 e. The van der Waals surface area contributed by atoms with Crippen LogP contribution in [-0.2, 0) is 0 Å². The Hall–Kier alpha value is -0.0131. The molecule has 2 atom stereocenters. The van der Waals surface area contributed by atoms with Crippen molar-refractivity contribution >= 4 is 18.5 Å². The Labute approximate surface area is 86.4 Å². The highest BCUT2D eigenvalue weighted by Crippen LogP contribution is 2.50. The minimum absolute atomic E-state index is 0.740.